The maximum atomic E-state index is 11.2. The van der Waals surface area contributed by atoms with Crippen LogP contribution in [-0.4, -0.2) is 18.0 Å². The summed E-state index contributed by atoms with van der Waals surface area (Å²) in [6, 6.07) is 0. The van der Waals surface area contributed by atoms with Gasteiger partial charge < -0.3 is 11.1 Å². The minimum Gasteiger partial charge on any atom is -0.370 e. The molecule has 16 heavy (non-hydrogen) atoms. The molecule has 3 N–H and O–H groups in total. The highest BCUT2D eigenvalue weighted by Crippen LogP contribution is 2.38. The molecule has 0 heterocycles. The molecule has 0 aromatic heterocycles. The molecule has 3 unspecified atom stereocenters. The molecular formula is C13H26N2O. The van der Waals surface area contributed by atoms with Gasteiger partial charge in [0.2, 0.25) is 5.91 Å². The van der Waals surface area contributed by atoms with Crippen LogP contribution in [0.1, 0.15) is 52.9 Å². The summed E-state index contributed by atoms with van der Waals surface area (Å²) in [7, 11) is 0. The van der Waals surface area contributed by atoms with Gasteiger partial charge in [0.1, 0.15) is 0 Å². The Hall–Kier alpha value is -0.570. The second kappa shape index (κ2) is 5.67. The van der Waals surface area contributed by atoms with Gasteiger partial charge in [0.15, 0.2) is 0 Å². The first-order valence-corrected chi connectivity index (χ1v) is 6.52. The third kappa shape index (κ3) is 3.48. The van der Waals surface area contributed by atoms with E-state index >= 15 is 0 Å². The lowest BCUT2D eigenvalue weighted by Crippen LogP contribution is -2.52. The van der Waals surface area contributed by atoms with Crippen LogP contribution in [0, 0.1) is 11.8 Å². The number of carbonyl (C=O) groups excluding carboxylic acids is 1. The summed E-state index contributed by atoms with van der Waals surface area (Å²) >= 11 is 0. The Morgan fingerprint density at radius 2 is 2.12 bits per heavy atom. The van der Waals surface area contributed by atoms with Crippen LogP contribution in [0.15, 0.2) is 0 Å². The number of nitrogens with two attached hydrogens (primary N) is 1. The Bertz CT molecular complexity index is 238. The van der Waals surface area contributed by atoms with Crippen molar-refractivity contribution in [3.8, 4) is 0 Å². The van der Waals surface area contributed by atoms with Crippen LogP contribution in [0.25, 0.3) is 0 Å². The zero-order chi connectivity index (χ0) is 12.2. The Morgan fingerprint density at radius 3 is 2.62 bits per heavy atom. The normalized spacial score (nSPS) is 34.9. The fourth-order valence-corrected chi connectivity index (χ4v) is 2.82. The average Bonchev–Trinajstić information content (AvgIpc) is 2.20. The number of nitrogens with one attached hydrogen (secondary N) is 1. The largest absolute Gasteiger partial charge is 0.370 e. The molecule has 1 amide bonds. The maximum absolute atomic E-state index is 11.2. The highest BCUT2D eigenvalue weighted by molar-refractivity contribution is 5.75. The molecule has 3 heteroatoms. The molecule has 0 aromatic rings. The van der Waals surface area contributed by atoms with Gasteiger partial charge >= 0.3 is 0 Å². The summed E-state index contributed by atoms with van der Waals surface area (Å²) in [5.74, 6) is 1.27. The van der Waals surface area contributed by atoms with Crippen molar-refractivity contribution >= 4 is 5.91 Å². The van der Waals surface area contributed by atoms with Crippen LogP contribution in [0.5, 0.6) is 0 Å². The van der Waals surface area contributed by atoms with Gasteiger partial charge in [-0.25, -0.2) is 0 Å². The van der Waals surface area contributed by atoms with Crippen molar-refractivity contribution in [1.82, 2.24) is 5.32 Å². The quantitative estimate of drug-likeness (QED) is 0.754. The van der Waals surface area contributed by atoms with Gasteiger partial charge in [-0.1, -0.05) is 20.8 Å². The predicted octanol–water partition coefficient (Wildman–Crippen LogP) is 2.06. The van der Waals surface area contributed by atoms with Crippen molar-refractivity contribution in [1.29, 1.82) is 0 Å². The number of carbonyl (C=O) groups is 1. The summed E-state index contributed by atoms with van der Waals surface area (Å²) in [4.78, 5) is 11.2. The molecule has 1 aliphatic carbocycles. The molecule has 94 valence electrons. The van der Waals surface area contributed by atoms with Gasteiger partial charge in [-0.3, -0.25) is 4.79 Å². The molecule has 3 atom stereocenters. The molecule has 3 nitrogen and oxygen atoms in total. The number of hydrogen-bond acceptors (Lipinski definition) is 2. The van der Waals surface area contributed by atoms with Crippen molar-refractivity contribution in [2.75, 3.05) is 6.54 Å². The molecule has 1 aliphatic rings. The van der Waals surface area contributed by atoms with E-state index < -0.39 is 0 Å². The van der Waals surface area contributed by atoms with Crippen LogP contribution in [0.2, 0.25) is 0 Å². The van der Waals surface area contributed by atoms with E-state index in [-0.39, 0.29) is 11.4 Å². The van der Waals surface area contributed by atoms with Crippen molar-refractivity contribution < 1.29 is 4.79 Å². The molecule has 0 saturated heterocycles. The molecule has 1 fully saturated rings. The zero-order valence-electron chi connectivity index (χ0n) is 10.9. The second-order valence-electron chi connectivity index (χ2n) is 5.55. The molecule has 0 spiro atoms. The summed E-state index contributed by atoms with van der Waals surface area (Å²) in [5, 5.41) is 3.57. The summed E-state index contributed by atoms with van der Waals surface area (Å²) in [6.07, 6.45) is 4.96. The van der Waals surface area contributed by atoms with Crippen molar-refractivity contribution in [2.24, 2.45) is 17.6 Å². The topological polar surface area (TPSA) is 55.1 Å². The minimum absolute atomic E-state index is 0.0201. The number of amides is 1. The van der Waals surface area contributed by atoms with Crippen LogP contribution in [0.4, 0.5) is 0 Å². The Kier molecular flexibility index (Phi) is 4.78. The van der Waals surface area contributed by atoms with Gasteiger partial charge in [0, 0.05) is 12.0 Å². The molecule has 0 radical (unpaired) electrons. The van der Waals surface area contributed by atoms with E-state index in [1.54, 1.807) is 0 Å². The SMILES string of the molecule is CCCNC1(CC(N)=O)CCC(C)C(C)C1. The first kappa shape index (κ1) is 13.5. The van der Waals surface area contributed by atoms with Gasteiger partial charge in [-0.15, -0.1) is 0 Å². The lowest BCUT2D eigenvalue weighted by Gasteiger charge is -2.43. The second-order valence-corrected chi connectivity index (χ2v) is 5.55. The number of rotatable bonds is 5. The summed E-state index contributed by atoms with van der Waals surface area (Å²) in [5.41, 5.74) is 5.36. The molecule has 1 saturated carbocycles. The molecule has 0 aliphatic heterocycles. The van der Waals surface area contributed by atoms with E-state index in [0.717, 1.165) is 31.7 Å². The molecule has 0 bridgehead atoms. The first-order chi connectivity index (χ1) is 7.49. The maximum Gasteiger partial charge on any atom is 0.219 e. The lowest BCUT2D eigenvalue weighted by atomic mass is 9.69. The van der Waals surface area contributed by atoms with Crippen LogP contribution in [0.3, 0.4) is 0 Å². The molecule has 1 rings (SSSR count). The van der Waals surface area contributed by atoms with Crippen LogP contribution < -0.4 is 11.1 Å². The Morgan fingerprint density at radius 1 is 1.44 bits per heavy atom. The number of hydrogen-bond donors (Lipinski definition) is 2. The van der Waals surface area contributed by atoms with Gasteiger partial charge in [0.25, 0.3) is 0 Å². The van der Waals surface area contributed by atoms with E-state index in [0.29, 0.717) is 12.3 Å². The van der Waals surface area contributed by atoms with E-state index in [1.165, 1.54) is 6.42 Å². The minimum atomic E-state index is -0.176. The molecular weight excluding hydrogens is 200 g/mol. The average molecular weight is 226 g/mol. The molecule has 0 aromatic carbocycles. The van der Waals surface area contributed by atoms with E-state index in [2.05, 4.69) is 26.1 Å². The van der Waals surface area contributed by atoms with Gasteiger partial charge in [-0.05, 0) is 44.1 Å². The van der Waals surface area contributed by atoms with Gasteiger partial charge in [0.05, 0.1) is 0 Å². The lowest BCUT2D eigenvalue weighted by molar-refractivity contribution is -0.120. The highest BCUT2D eigenvalue weighted by atomic mass is 16.1. The smallest absolute Gasteiger partial charge is 0.219 e. The van der Waals surface area contributed by atoms with Crippen molar-refractivity contribution in [3.63, 3.8) is 0 Å². The summed E-state index contributed by atoms with van der Waals surface area (Å²) in [6.45, 7) is 7.72. The fourth-order valence-electron chi connectivity index (χ4n) is 2.82. The standard InChI is InChI=1S/C13H26N2O/c1-4-7-15-13(9-12(14)16)6-5-10(2)11(3)8-13/h10-11,15H,4-9H2,1-3H3,(H2,14,16). The van der Waals surface area contributed by atoms with Crippen LogP contribution >= 0.6 is 0 Å². The van der Waals surface area contributed by atoms with Gasteiger partial charge in [-0.2, -0.15) is 0 Å². The van der Waals surface area contributed by atoms with E-state index in [4.69, 9.17) is 5.73 Å². The third-order valence-electron chi connectivity index (χ3n) is 4.02. The van der Waals surface area contributed by atoms with E-state index in [1.807, 2.05) is 0 Å². The number of primary amides is 1. The van der Waals surface area contributed by atoms with Crippen molar-refractivity contribution in [2.45, 2.75) is 58.4 Å². The zero-order valence-corrected chi connectivity index (χ0v) is 10.9. The van der Waals surface area contributed by atoms with E-state index in [9.17, 15) is 4.79 Å². The Balaban J connectivity index is 2.66. The first-order valence-electron chi connectivity index (χ1n) is 6.52. The third-order valence-corrected chi connectivity index (χ3v) is 4.02. The highest BCUT2D eigenvalue weighted by Gasteiger charge is 2.38. The fraction of sp³-hybridized carbons (Fsp3) is 0.923. The predicted molar refractivity (Wildman–Crippen MR) is 67.0 cm³/mol. The van der Waals surface area contributed by atoms with Crippen molar-refractivity contribution in [3.05, 3.63) is 0 Å². The van der Waals surface area contributed by atoms with Crippen LogP contribution in [-0.2, 0) is 4.79 Å². The summed E-state index contributed by atoms with van der Waals surface area (Å²) < 4.78 is 0. The Labute approximate surface area is 99.2 Å². The monoisotopic (exact) mass is 226 g/mol.